The van der Waals surface area contributed by atoms with E-state index in [0.29, 0.717) is 33.2 Å². The Morgan fingerprint density at radius 1 is 1.03 bits per heavy atom. The van der Waals surface area contributed by atoms with E-state index in [4.69, 9.17) is 16.3 Å². The van der Waals surface area contributed by atoms with Gasteiger partial charge in [0.25, 0.3) is 5.91 Å². The van der Waals surface area contributed by atoms with Crippen LogP contribution in [0.15, 0.2) is 71.6 Å². The molecule has 0 spiro atoms. The number of anilines is 3. The van der Waals surface area contributed by atoms with E-state index in [1.807, 2.05) is 0 Å². The Bertz CT molecular complexity index is 1590. The lowest BCUT2D eigenvalue weighted by atomic mass is 10.1. The largest absolute Gasteiger partial charge is 0.497 e. The van der Waals surface area contributed by atoms with Gasteiger partial charge in [0.15, 0.2) is 5.54 Å². The van der Waals surface area contributed by atoms with Crippen LogP contribution in [0.3, 0.4) is 0 Å². The first-order chi connectivity index (χ1) is 17.5. The second kappa shape index (κ2) is 10.2. The van der Waals surface area contributed by atoms with Crippen molar-refractivity contribution in [2.75, 3.05) is 17.7 Å². The van der Waals surface area contributed by atoms with Crippen LogP contribution in [0.4, 0.5) is 23.0 Å². The summed E-state index contributed by atoms with van der Waals surface area (Å²) >= 11 is 6.34. The van der Waals surface area contributed by atoms with Gasteiger partial charge in [-0.1, -0.05) is 35.9 Å². The van der Waals surface area contributed by atoms with Crippen molar-refractivity contribution < 1.29 is 23.7 Å². The first-order valence-electron chi connectivity index (χ1n) is 11.1. The first kappa shape index (κ1) is 26.1. The molecule has 0 aliphatic rings. The quantitative estimate of drug-likeness (QED) is 0.299. The van der Waals surface area contributed by atoms with Crippen LogP contribution in [0.5, 0.6) is 5.75 Å². The van der Waals surface area contributed by atoms with Gasteiger partial charge in [-0.3, -0.25) is 4.79 Å². The molecule has 192 valence electrons. The number of nitrogens with zero attached hydrogens (tertiary/aromatic N) is 3. The van der Waals surface area contributed by atoms with Gasteiger partial charge < -0.3 is 30.8 Å². The average molecular weight is 541 g/mol. The van der Waals surface area contributed by atoms with E-state index < -0.39 is 15.6 Å². The summed E-state index contributed by atoms with van der Waals surface area (Å²) in [5, 5.41) is 6.06. The number of methoxy groups -OCH3 is 1. The molecule has 0 saturated heterocycles. The standard InChI is InChI=1S/C25H25ClN6O4S/c1-25(2,27)24(33)28-15-7-6-8-17(13-15)37(34,35)32-23-22(29-19-9-4-5-10-20(19)30-23)31-21-14-16(36-3)11-12-18(21)26/h4-14H,27H2,1-3H3,(H3,28,29,30,31,32,33). The van der Waals surface area contributed by atoms with Crippen molar-refractivity contribution in [2.45, 2.75) is 24.3 Å². The molecule has 0 saturated carbocycles. The summed E-state index contributed by atoms with van der Waals surface area (Å²) in [6.07, 6.45) is 0. The molecule has 0 bridgehead atoms. The van der Waals surface area contributed by atoms with Crippen molar-refractivity contribution in [3.8, 4) is 5.75 Å². The number of carbonyl (C=O) groups excluding carboxylic acids is 1. The van der Waals surface area contributed by atoms with Crippen LogP contribution in [-0.2, 0) is 14.8 Å². The highest BCUT2D eigenvalue weighted by Crippen LogP contribution is 2.37. The van der Waals surface area contributed by atoms with Gasteiger partial charge >= 0.3 is 0 Å². The summed E-state index contributed by atoms with van der Waals surface area (Å²) in [5.74, 6) is 0.101. The molecule has 3 aromatic carbocycles. The molecule has 37 heavy (non-hydrogen) atoms. The third-order valence-corrected chi connectivity index (χ3v) is 6.78. The van der Waals surface area contributed by atoms with Gasteiger partial charge in [0, 0.05) is 11.8 Å². The molecule has 4 rings (SSSR count). The second-order valence-corrected chi connectivity index (χ2v) is 10.8. The van der Waals surface area contributed by atoms with Gasteiger partial charge in [-0.2, -0.15) is 0 Å². The van der Waals surface area contributed by atoms with Gasteiger partial charge in [0.05, 0.1) is 28.2 Å². The highest BCUT2D eigenvalue weighted by Gasteiger charge is 2.26. The molecule has 5 N–H and O–H groups in total. The maximum absolute atomic E-state index is 13.3. The number of para-hydroxylation sites is 2. The minimum absolute atomic E-state index is 0.0840. The van der Waals surface area contributed by atoms with Crippen LogP contribution < -0.4 is 21.1 Å². The van der Waals surface area contributed by atoms with Crippen LogP contribution in [-0.4, -0.2) is 36.9 Å². The first-order valence-corrected chi connectivity index (χ1v) is 12.9. The number of sulfonamides is 1. The fourth-order valence-corrected chi connectivity index (χ4v) is 4.35. The number of carbonyl (C=O) groups is 1. The van der Waals surface area contributed by atoms with E-state index >= 15 is 0 Å². The molecule has 10 nitrogen and oxygen atoms in total. The van der Waals surface area contributed by atoms with Crippen molar-refractivity contribution in [3.05, 3.63) is 76.5 Å². The number of benzene rings is 3. The summed E-state index contributed by atoms with van der Waals surface area (Å²) in [6.45, 7) is 3.31. The van der Waals surface area contributed by atoms with Gasteiger partial charge in [-0.15, -0.1) is 0 Å². The lowest BCUT2D eigenvalue weighted by Gasteiger charge is -2.22. The Morgan fingerprint density at radius 3 is 2.41 bits per heavy atom. The summed E-state index contributed by atoms with van der Waals surface area (Å²) in [6, 6.07) is 17.8. The molecule has 1 amide bonds. The zero-order chi connectivity index (χ0) is 26.8. The Balaban J connectivity index is 1.72. The number of quaternary nitrogens is 1. The predicted molar refractivity (Wildman–Crippen MR) is 143 cm³/mol. The van der Waals surface area contributed by atoms with Gasteiger partial charge in [0.2, 0.25) is 10.0 Å². The third-order valence-electron chi connectivity index (χ3n) is 5.19. The SMILES string of the molecule is COc1ccc(Cl)c(Nc2nc3ccccc3nc2[N-]S(=O)(=O)c2cccc(NC(=O)C(C)(C)[NH3+])c2)c1. The van der Waals surface area contributed by atoms with Crippen molar-refractivity contribution in [2.24, 2.45) is 0 Å². The van der Waals surface area contributed by atoms with Crippen LogP contribution in [0.2, 0.25) is 5.02 Å². The van der Waals surface area contributed by atoms with Crippen LogP contribution in [0, 0.1) is 0 Å². The molecule has 0 fully saturated rings. The molecule has 0 atom stereocenters. The smallest absolute Gasteiger partial charge is 0.285 e. The molecule has 1 heterocycles. The number of aromatic nitrogens is 2. The summed E-state index contributed by atoms with van der Waals surface area (Å²) in [7, 11) is -2.74. The highest BCUT2D eigenvalue weighted by atomic mass is 35.5. The number of nitrogens with one attached hydrogen (secondary N) is 2. The fourth-order valence-electron chi connectivity index (χ4n) is 3.19. The minimum Gasteiger partial charge on any atom is -0.497 e. The Kier molecular flexibility index (Phi) is 7.21. The highest BCUT2D eigenvalue weighted by molar-refractivity contribution is 7.94. The molecule has 0 unspecified atom stereocenters. The molecular weight excluding hydrogens is 516 g/mol. The lowest BCUT2D eigenvalue weighted by molar-refractivity contribution is -0.444. The van der Waals surface area contributed by atoms with Crippen molar-refractivity contribution >= 4 is 61.6 Å². The Hall–Kier alpha value is -3.93. The van der Waals surface area contributed by atoms with Crippen molar-refractivity contribution in [3.63, 3.8) is 0 Å². The van der Waals surface area contributed by atoms with Gasteiger partial charge in [-0.05, 0) is 61.6 Å². The van der Waals surface area contributed by atoms with Crippen LogP contribution in [0.25, 0.3) is 15.8 Å². The second-order valence-electron chi connectivity index (χ2n) is 8.79. The van der Waals surface area contributed by atoms with Crippen LogP contribution in [0.1, 0.15) is 13.8 Å². The normalized spacial score (nSPS) is 11.7. The maximum atomic E-state index is 13.3. The maximum Gasteiger partial charge on any atom is 0.285 e. The minimum atomic E-state index is -4.26. The summed E-state index contributed by atoms with van der Waals surface area (Å²) in [4.78, 5) is 21.1. The third kappa shape index (κ3) is 6.08. The topological polar surface area (TPSA) is 152 Å². The number of fused-ring (bicyclic) bond motifs is 1. The molecular formula is C25H25ClN6O4S. The fraction of sp³-hybridized carbons (Fsp3) is 0.160. The van der Waals surface area contributed by atoms with Crippen molar-refractivity contribution in [1.82, 2.24) is 9.97 Å². The molecule has 0 aliphatic heterocycles. The molecule has 12 heteroatoms. The van der Waals surface area contributed by atoms with Crippen molar-refractivity contribution in [1.29, 1.82) is 0 Å². The molecule has 0 aliphatic carbocycles. The summed E-state index contributed by atoms with van der Waals surface area (Å²) < 4.78 is 35.9. The monoisotopic (exact) mass is 540 g/mol. The molecule has 4 aromatic rings. The van der Waals surface area contributed by atoms with E-state index in [1.165, 1.54) is 25.3 Å². The van der Waals surface area contributed by atoms with Gasteiger partial charge in [0.1, 0.15) is 11.6 Å². The van der Waals surface area contributed by atoms with E-state index in [9.17, 15) is 13.2 Å². The molecule has 0 radical (unpaired) electrons. The Labute approximate surface area is 219 Å². The van der Waals surface area contributed by atoms with Gasteiger partial charge in [-0.25, -0.2) is 13.4 Å². The number of hydrogen-bond donors (Lipinski definition) is 3. The Morgan fingerprint density at radius 2 is 1.73 bits per heavy atom. The zero-order valence-electron chi connectivity index (χ0n) is 20.3. The van der Waals surface area contributed by atoms with Crippen LogP contribution >= 0.6 is 11.6 Å². The number of ether oxygens (including phenoxy) is 1. The molecule has 1 aromatic heterocycles. The van der Waals surface area contributed by atoms with E-state index in [2.05, 4.69) is 31.1 Å². The number of halogens is 1. The zero-order valence-corrected chi connectivity index (χ0v) is 21.9. The van der Waals surface area contributed by atoms with E-state index in [1.54, 1.807) is 62.4 Å². The number of rotatable bonds is 8. The number of amides is 1. The van der Waals surface area contributed by atoms with E-state index in [0.717, 1.165) is 0 Å². The lowest BCUT2D eigenvalue weighted by Crippen LogP contribution is -2.74. The average Bonchev–Trinajstić information content (AvgIpc) is 2.85. The predicted octanol–water partition coefficient (Wildman–Crippen LogP) is 4.39. The number of hydrogen-bond acceptors (Lipinski definition) is 7. The summed E-state index contributed by atoms with van der Waals surface area (Å²) in [5.41, 5.74) is 4.60. The van der Waals surface area contributed by atoms with E-state index in [-0.39, 0.29) is 22.4 Å².